The van der Waals surface area contributed by atoms with Crippen LogP contribution in [0.15, 0.2) is 29.6 Å². The van der Waals surface area contributed by atoms with E-state index in [1.807, 2.05) is 36.6 Å². The van der Waals surface area contributed by atoms with Crippen molar-refractivity contribution in [3.63, 3.8) is 0 Å². The summed E-state index contributed by atoms with van der Waals surface area (Å²) in [5, 5.41) is 6.28. The summed E-state index contributed by atoms with van der Waals surface area (Å²) < 4.78 is 1.21. The van der Waals surface area contributed by atoms with Gasteiger partial charge in [-0.15, -0.1) is 23.7 Å². The molecule has 20 heavy (non-hydrogen) atoms. The summed E-state index contributed by atoms with van der Waals surface area (Å²) in [5.41, 5.74) is 6.29. The molecule has 0 saturated heterocycles. The van der Waals surface area contributed by atoms with Crippen molar-refractivity contribution < 1.29 is 4.79 Å². The molecule has 0 radical (unpaired) electrons. The number of nitrogens with one attached hydrogen (secondary N) is 1. The first-order valence-electron chi connectivity index (χ1n) is 6.62. The Morgan fingerprint density at radius 3 is 2.85 bits per heavy atom. The normalized spacial score (nSPS) is 17.3. The minimum Gasteiger partial charge on any atom is -0.345 e. The van der Waals surface area contributed by atoms with Crippen LogP contribution >= 0.6 is 23.7 Å². The van der Waals surface area contributed by atoms with Crippen molar-refractivity contribution in [2.24, 2.45) is 11.7 Å². The van der Waals surface area contributed by atoms with E-state index < -0.39 is 0 Å². The highest BCUT2D eigenvalue weighted by Gasteiger charge is 2.41. The maximum atomic E-state index is 12.4. The molecule has 1 amide bonds. The lowest BCUT2D eigenvalue weighted by Crippen LogP contribution is -2.53. The maximum absolute atomic E-state index is 12.4. The Hall–Kier alpha value is -1.10. The molecule has 1 heterocycles. The highest BCUT2D eigenvalue weighted by Crippen LogP contribution is 2.39. The molecule has 1 fully saturated rings. The minimum atomic E-state index is -0.263. The molecular weight excluding hydrogens is 292 g/mol. The number of benzene rings is 1. The second-order valence-electron chi connectivity index (χ2n) is 5.52. The lowest BCUT2D eigenvalue weighted by atomic mass is 9.95. The Bertz CT molecular complexity index is 623. The van der Waals surface area contributed by atoms with Crippen LogP contribution in [0.3, 0.4) is 0 Å². The van der Waals surface area contributed by atoms with Gasteiger partial charge in [-0.05, 0) is 60.7 Å². The summed E-state index contributed by atoms with van der Waals surface area (Å²) in [6.45, 7) is 2.54. The first kappa shape index (κ1) is 15.3. The summed E-state index contributed by atoms with van der Waals surface area (Å²) in [5.74, 6) is 0.513. The highest BCUT2D eigenvalue weighted by atomic mass is 35.5. The second kappa shape index (κ2) is 5.72. The number of fused-ring (bicyclic) bond motifs is 1. The Labute approximate surface area is 129 Å². The smallest absolute Gasteiger partial charge is 0.251 e. The van der Waals surface area contributed by atoms with Crippen LogP contribution in [-0.2, 0) is 0 Å². The molecule has 108 valence electrons. The van der Waals surface area contributed by atoms with Gasteiger partial charge < -0.3 is 11.1 Å². The SMILES string of the molecule is CC(CN)(NC(=O)c1ccc2sccc2c1)C1CC1.Cl. The summed E-state index contributed by atoms with van der Waals surface area (Å²) in [7, 11) is 0. The van der Waals surface area contributed by atoms with Gasteiger partial charge in [0.15, 0.2) is 0 Å². The zero-order chi connectivity index (χ0) is 13.5. The van der Waals surface area contributed by atoms with E-state index in [1.54, 1.807) is 11.3 Å². The van der Waals surface area contributed by atoms with Gasteiger partial charge in [-0.2, -0.15) is 0 Å². The Morgan fingerprint density at radius 2 is 2.20 bits per heavy atom. The van der Waals surface area contributed by atoms with E-state index in [9.17, 15) is 4.79 Å². The van der Waals surface area contributed by atoms with Crippen molar-refractivity contribution in [3.05, 3.63) is 35.2 Å². The summed E-state index contributed by atoms with van der Waals surface area (Å²) in [6, 6.07) is 7.88. The molecule has 0 spiro atoms. The molecule has 3 nitrogen and oxygen atoms in total. The molecule has 3 N–H and O–H groups in total. The van der Waals surface area contributed by atoms with Gasteiger partial charge in [-0.1, -0.05) is 0 Å². The van der Waals surface area contributed by atoms with Crippen LogP contribution in [0.4, 0.5) is 0 Å². The molecule has 1 aliphatic carbocycles. The van der Waals surface area contributed by atoms with E-state index in [1.165, 1.54) is 4.70 Å². The summed E-state index contributed by atoms with van der Waals surface area (Å²) in [4.78, 5) is 12.4. The number of hydrogen-bond donors (Lipinski definition) is 2. The van der Waals surface area contributed by atoms with Crippen LogP contribution in [0.1, 0.15) is 30.1 Å². The molecule has 2 aromatic rings. The number of rotatable bonds is 4. The Kier molecular flexibility index (Phi) is 4.37. The van der Waals surface area contributed by atoms with Gasteiger partial charge in [0.25, 0.3) is 5.91 Å². The fourth-order valence-electron chi connectivity index (χ4n) is 2.48. The standard InChI is InChI=1S/C15H18N2OS.ClH/c1-15(9-16,12-3-4-12)17-14(18)11-2-5-13-10(8-11)6-7-19-13;/h2,5-8,12H,3-4,9,16H2,1H3,(H,17,18);1H. The molecule has 1 aromatic heterocycles. The van der Waals surface area contributed by atoms with Crippen molar-refractivity contribution in [1.29, 1.82) is 0 Å². The van der Waals surface area contributed by atoms with E-state index in [2.05, 4.69) is 5.32 Å². The van der Waals surface area contributed by atoms with E-state index in [0.29, 0.717) is 18.0 Å². The average molecular weight is 311 g/mol. The fraction of sp³-hybridized carbons (Fsp3) is 0.400. The van der Waals surface area contributed by atoms with Gasteiger partial charge in [0.1, 0.15) is 0 Å². The maximum Gasteiger partial charge on any atom is 0.251 e. The molecule has 0 aliphatic heterocycles. The number of carbonyl (C=O) groups excluding carboxylic acids is 1. The number of amides is 1. The van der Waals surface area contributed by atoms with Gasteiger partial charge in [-0.25, -0.2) is 0 Å². The van der Waals surface area contributed by atoms with E-state index in [4.69, 9.17) is 5.73 Å². The quantitative estimate of drug-likeness (QED) is 0.911. The lowest BCUT2D eigenvalue weighted by molar-refractivity contribution is 0.0898. The third-order valence-corrected chi connectivity index (χ3v) is 4.91. The number of hydrogen-bond acceptors (Lipinski definition) is 3. The van der Waals surface area contributed by atoms with E-state index in [0.717, 1.165) is 18.2 Å². The molecule has 1 unspecified atom stereocenters. The van der Waals surface area contributed by atoms with Crippen molar-refractivity contribution in [3.8, 4) is 0 Å². The molecule has 1 aromatic carbocycles. The second-order valence-corrected chi connectivity index (χ2v) is 6.47. The van der Waals surface area contributed by atoms with Gasteiger partial charge in [0.2, 0.25) is 0 Å². The Morgan fingerprint density at radius 1 is 1.45 bits per heavy atom. The van der Waals surface area contributed by atoms with Crippen molar-refractivity contribution in [2.45, 2.75) is 25.3 Å². The van der Waals surface area contributed by atoms with Crippen molar-refractivity contribution in [2.75, 3.05) is 6.54 Å². The monoisotopic (exact) mass is 310 g/mol. The fourth-order valence-corrected chi connectivity index (χ4v) is 3.25. The highest BCUT2D eigenvalue weighted by molar-refractivity contribution is 7.17. The minimum absolute atomic E-state index is 0. The molecule has 0 bridgehead atoms. The van der Waals surface area contributed by atoms with Crippen LogP contribution in [0.5, 0.6) is 0 Å². The van der Waals surface area contributed by atoms with E-state index in [-0.39, 0.29) is 23.9 Å². The number of nitrogens with two attached hydrogens (primary N) is 1. The molecule has 3 rings (SSSR count). The van der Waals surface area contributed by atoms with E-state index >= 15 is 0 Å². The summed E-state index contributed by atoms with van der Waals surface area (Å²) >= 11 is 1.69. The van der Waals surface area contributed by atoms with Crippen LogP contribution < -0.4 is 11.1 Å². The topological polar surface area (TPSA) is 55.1 Å². The molecule has 1 saturated carbocycles. The molecular formula is C15H19ClN2OS. The molecule has 1 aliphatic rings. The number of carbonyl (C=O) groups is 1. The van der Waals surface area contributed by atoms with Crippen molar-refractivity contribution in [1.82, 2.24) is 5.32 Å². The lowest BCUT2D eigenvalue weighted by Gasteiger charge is -2.29. The van der Waals surface area contributed by atoms with Crippen LogP contribution in [0.2, 0.25) is 0 Å². The third kappa shape index (κ3) is 2.82. The predicted octanol–water partition coefficient (Wildman–Crippen LogP) is 3.18. The first-order valence-corrected chi connectivity index (χ1v) is 7.50. The predicted molar refractivity (Wildman–Crippen MR) is 86.7 cm³/mol. The van der Waals surface area contributed by atoms with Crippen molar-refractivity contribution >= 4 is 39.7 Å². The molecule has 1 atom stereocenters. The van der Waals surface area contributed by atoms with Crippen LogP contribution in [0, 0.1) is 5.92 Å². The average Bonchev–Trinajstić information content (AvgIpc) is 3.17. The van der Waals surface area contributed by atoms with Crippen LogP contribution in [-0.4, -0.2) is 18.0 Å². The van der Waals surface area contributed by atoms with Gasteiger partial charge >= 0.3 is 0 Å². The third-order valence-electron chi connectivity index (χ3n) is 4.02. The van der Waals surface area contributed by atoms with Gasteiger partial charge in [0.05, 0.1) is 5.54 Å². The summed E-state index contributed by atoms with van der Waals surface area (Å²) in [6.07, 6.45) is 2.33. The largest absolute Gasteiger partial charge is 0.345 e. The van der Waals surface area contributed by atoms with Crippen LogP contribution in [0.25, 0.3) is 10.1 Å². The number of thiophene rings is 1. The number of halogens is 1. The molecule has 5 heteroatoms. The zero-order valence-electron chi connectivity index (χ0n) is 11.4. The Balaban J connectivity index is 0.00000147. The first-order chi connectivity index (χ1) is 9.12. The van der Waals surface area contributed by atoms with Gasteiger partial charge in [-0.3, -0.25) is 4.79 Å². The zero-order valence-corrected chi connectivity index (χ0v) is 13.0. The van der Waals surface area contributed by atoms with Gasteiger partial charge in [0, 0.05) is 16.8 Å².